The van der Waals surface area contributed by atoms with Crippen LogP contribution in [-0.4, -0.2) is 44.3 Å². The molecule has 0 aromatic heterocycles. The Balaban J connectivity index is 1.92. The maximum absolute atomic E-state index is 12.3. The zero-order valence-electron chi connectivity index (χ0n) is 15.4. The highest BCUT2D eigenvalue weighted by Gasteiger charge is 2.32. The number of carbonyl (C=O) groups is 1. The van der Waals surface area contributed by atoms with Gasteiger partial charge in [0.1, 0.15) is 11.6 Å². The average Bonchev–Trinajstić information content (AvgIpc) is 3.12. The van der Waals surface area contributed by atoms with E-state index in [9.17, 15) is 13.2 Å². The van der Waals surface area contributed by atoms with Gasteiger partial charge in [0, 0.05) is 12.1 Å². The van der Waals surface area contributed by atoms with Gasteiger partial charge in [-0.05, 0) is 35.4 Å². The molecule has 9 heteroatoms. The molecule has 2 aromatic carbocycles. The summed E-state index contributed by atoms with van der Waals surface area (Å²) in [4.78, 5) is 12.3. The fourth-order valence-electron chi connectivity index (χ4n) is 3.04. The molecule has 1 atom stereocenters. The SMILES string of the molecule is COc1ccc([C@H]2CC(c3cccc(NS(C)(=O)=O)c3)=NN2C(=O)CCl)cc1. The minimum atomic E-state index is -3.39. The van der Waals surface area contributed by atoms with Gasteiger partial charge in [-0.2, -0.15) is 5.10 Å². The fourth-order valence-corrected chi connectivity index (χ4v) is 3.72. The van der Waals surface area contributed by atoms with Crippen LogP contribution in [0.3, 0.4) is 0 Å². The Morgan fingerprint density at radius 2 is 2.00 bits per heavy atom. The molecule has 0 unspecified atom stereocenters. The van der Waals surface area contributed by atoms with Crippen LogP contribution in [0.2, 0.25) is 0 Å². The van der Waals surface area contributed by atoms with Crippen LogP contribution in [0.1, 0.15) is 23.6 Å². The number of hydrogen-bond acceptors (Lipinski definition) is 5. The van der Waals surface area contributed by atoms with Crippen molar-refractivity contribution in [1.82, 2.24) is 5.01 Å². The Kier molecular flexibility index (Phi) is 5.90. The Labute approximate surface area is 169 Å². The summed E-state index contributed by atoms with van der Waals surface area (Å²) in [6, 6.07) is 14.0. The summed E-state index contributed by atoms with van der Waals surface area (Å²) in [5, 5.41) is 5.86. The van der Waals surface area contributed by atoms with Crippen molar-refractivity contribution in [1.29, 1.82) is 0 Å². The van der Waals surface area contributed by atoms with Gasteiger partial charge in [-0.3, -0.25) is 9.52 Å². The summed E-state index contributed by atoms with van der Waals surface area (Å²) in [7, 11) is -1.80. The number of hydrogen-bond donors (Lipinski definition) is 1. The maximum Gasteiger partial charge on any atom is 0.258 e. The van der Waals surface area contributed by atoms with Crippen LogP contribution in [0.4, 0.5) is 5.69 Å². The molecule has 1 aliphatic rings. The van der Waals surface area contributed by atoms with Crippen LogP contribution in [0, 0.1) is 0 Å². The number of sulfonamides is 1. The standard InChI is InChI=1S/C19H20ClN3O4S/c1-27-16-8-6-13(7-9-16)18-11-17(21-23(18)19(24)12-20)14-4-3-5-15(10-14)22-28(2,25)26/h3-10,18,22H,11-12H2,1-2H3/t18-/m1/s1. The van der Waals surface area contributed by atoms with E-state index in [1.165, 1.54) is 5.01 Å². The molecule has 3 rings (SSSR count). The van der Waals surface area contributed by atoms with Crippen molar-refractivity contribution in [2.24, 2.45) is 5.10 Å². The van der Waals surface area contributed by atoms with Crippen molar-refractivity contribution in [2.45, 2.75) is 12.5 Å². The monoisotopic (exact) mass is 421 g/mol. The summed E-state index contributed by atoms with van der Waals surface area (Å²) < 4.78 is 30.6. The highest BCUT2D eigenvalue weighted by atomic mass is 35.5. The number of carbonyl (C=O) groups excluding carboxylic acids is 1. The third-order valence-corrected chi connectivity index (χ3v) is 5.11. The van der Waals surface area contributed by atoms with Crippen LogP contribution >= 0.6 is 11.6 Å². The molecule has 7 nitrogen and oxygen atoms in total. The second-order valence-corrected chi connectivity index (χ2v) is 8.38. The molecule has 0 bridgehead atoms. The van der Waals surface area contributed by atoms with Crippen molar-refractivity contribution in [3.05, 3.63) is 59.7 Å². The number of nitrogens with zero attached hydrogens (tertiary/aromatic N) is 2. The summed E-state index contributed by atoms with van der Waals surface area (Å²) in [6.07, 6.45) is 1.57. The Morgan fingerprint density at radius 1 is 1.29 bits per heavy atom. The third kappa shape index (κ3) is 4.63. The maximum atomic E-state index is 12.3. The number of methoxy groups -OCH3 is 1. The van der Waals surface area contributed by atoms with E-state index in [0.29, 0.717) is 17.8 Å². The summed E-state index contributed by atoms with van der Waals surface area (Å²) in [5.74, 6) is 0.236. The van der Waals surface area contributed by atoms with Gasteiger partial charge in [0.25, 0.3) is 5.91 Å². The van der Waals surface area contributed by atoms with Crippen LogP contribution in [0.15, 0.2) is 53.6 Å². The van der Waals surface area contributed by atoms with Crippen molar-refractivity contribution in [3.63, 3.8) is 0 Å². The molecule has 0 saturated heterocycles. The first-order valence-electron chi connectivity index (χ1n) is 8.48. The number of hydrazone groups is 1. The molecule has 1 N–H and O–H groups in total. The van der Waals surface area contributed by atoms with E-state index in [-0.39, 0.29) is 17.8 Å². The Bertz CT molecular complexity index is 1010. The van der Waals surface area contributed by atoms with Crippen LogP contribution in [0.5, 0.6) is 5.75 Å². The van der Waals surface area contributed by atoms with E-state index < -0.39 is 10.0 Å². The summed E-state index contributed by atoms with van der Waals surface area (Å²) >= 11 is 5.77. The minimum Gasteiger partial charge on any atom is -0.497 e. The van der Waals surface area contributed by atoms with Gasteiger partial charge < -0.3 is 4.74 Å². The van der Waals surface area contributed by atoms with Gasteiger partial charge in [-0.15, -0.1) is 11.6 Å². The number of rotatable bonds is 6. The van der Waals surface area contributed by atoms with E-state index in [0.717, 1.165) is 23.1 Å². The van der Waals surface area contributed by atoms with Gasteiger partial charge in [0.15, 0.2) is 0 Å². The second-order valence-electron chi connectivity index (χ2n) is 6.37. The molecule has 0 aliphatic carbocycles. The molecular formula is C19H20ClN3O4S. The number of ether oxygens (including phenoxy) is 1. The predicted octanol–water partition coefficient (Wildman–Crippen LogP) is 2.98. The molecule has 28 heavy (non-hydrogen) atoms. The second kappa shape index (κ2) is 8.20. The topological polar surface area (TPSA) is 88.1 Å². The first kappa shape index (κ1) is 20.2. The van der Waals surface area contributed by atoms with Crippen molar-refractivity contribution in [2.75, 3.05) is 24.0 Å². The zero-order chi connectivity index (χ0) is 20.3. The quantitative estimate of drug-likeness (QED) is 0.726. The highest BCUT2D eigenvalue weighted by molar-refractivity contribution is 7.92. The molecule has 148 valence electrons. The smallest absolute Gasteiger partial charge is 0.258 e. The molecule has 0 radical (unpaired) electrons. The van der Waals surface area contributed by atoms with Crippen molar-refractivity contribution < 1.29 is 17.9 Å². The third-order valence-electron chi connectivity index (χ3n) is 4.28. The van der Waals surface area contributed by atoms with E-state index in [1.54, 1.807) is 25.3 Å². The number of nitrogens with one attached hydrogen (secondary N) is 1. The van der Waals surface area contributed by atoms with Gasteiger partial charge in [-0.1, -0.05) is 24.3 Å². The first-order valence-corrected chi connectivity index (χ1v) is 10.9. The number of alkyl halides is 1. The predicted molar refractivity (Wildman–Crippen MR) is 109 cm³/mol. The zero-order valence-corrected chi connectivity index (χ0v) is 17.0. The van der Waals surface area contributed by atoms with Crippen LogP contribution in [-0.2, 0) is 14.8 Å². The van der Waals surface area contributed by atoms with Crippen molar-refractivity contribution >= 4 is 38.9 Å². The normalized spacial score (nSPS) is 16.6. The lowest BCUT2D eigenvalue weighted by molar-refractivity contribution is -0.130. The van der Waals surface area contributed by atoms with Gasteiger partial charge in [0.05, 0.1) is 25.1 Å². The molecule has 0 fully saturated rings. The first-order chi connectivity index (χ1) is 13.3. The lowest BCUT2D eigenvalue weighted by atomic mass is 9.98. The highest BCUT2D eigenvalue weighted by Crippen LogP contribution is 2.34. The lowest BCUT2D eigenvalue weighted by Crippen LogP contribution is -2.27. The molecule has 1 aliphatic heterocycles. The number of halogens is 1. The largest absolute Gasteiger partial charge is 0.497 e. The molecule has 0 spiro atoms. The van der Waals surface area contributed by atoms with E-state index >= 15 is 0 Å². The lowest BCUT2D eigenvalue weighted by Gasteiger charge is -2.21. The summed E-state index contributed by atoms with van der Waals surface area (Å²) in [6.45, 7) is 0. The fraction of sp³-hybridized carbons (Fsp3) is 0.263. The molecule has 1 amide bonds. The Hall–Kier alpha value is -2.58. The van der Waals surface area contributed by atoms with Crippen molar-refractivity contribution in [3.8, 4) is 5.75 Å². The number of anilines is 1. The molecule has 1 heterocycles. The summed E-state index contributed by atoms with van der Waals surface area (Å²) in [5.41, 5.74) is 2.75. The van der Waals surface area contributed by atoms with Crippen LogP contribution < -0.4 is 9.46 Å². The average molecular weight is 422 g/mol. The molecule has 2 aromatic rings. The van der Waals surface area contributed by atoms with Crippen LogP contribution in [0.25, 0.3) is 0 Å². The number of amides is 1. The van der Waals surface area contributed by atoms with E-state index in [2.05, 4.69) is 9.82 Å². The number of benzene rings is 2. The minimum absolute atomic E-state index is 0.181. The van der Waals surface area contributed by atoms with Gasteiger partial charge in [-0.25, -0.2) is 13.4 Å². The van der Waals surface area contributed by atoms with E-state index in [4.69, 9.17) is 16.3 Å². The molecular weight excluding hydrogens is 402 g/mol. The molecule has 0 saturated carbocycles. The van der Waals surface area contributed by atoms with Gasteiger partial charge >= 0.3 is 0 Å². The Morgan fingerprint density at radius 3 is 2.61 bits per heavy atom. The van der Waals surface area contributed by atoms with Gasteiger partial charge in [0.2, 0.25) is 10.0 Å². The van der Waals surface area contributed by atoms with E-state index in [1.807, 2.05) is 30.3 Å².